The Morgan fingerprint density at radius 1 is 1.35 bits per heavy atom. The van der Waals surface area contributed by atoms with Crippen LogP contribution >= 0.6 is 23.2 Å². The van der Waals surface area contributed by atoms with Gasteiger partial charge in [0.25, 0.3) is 0 Å². The molecule has 0 bridgehead atoms. The summed E-state index contributed by atoms with van der Waals surface area (Å²) in [6.07, 6.45) is 0.624. The molecule has 1 rings (SSSR count). The van der Waals surface area contributed by atoms with Gasteiger partial charge in [-0.05, 0) is 30.2 Å². The summed E-state index contributed by atoms with van der Waals surface area (Å²) in [5.74, 6) is -0.0800. The first-order chi connectivity index (χ1) is 7.93. The van der Waals surface area contributed by atoms with Gasteiger partial charge in [-0.2, -0.15) is 0 Å². The van der Waals surface area contributed by atoms with Crippen LogP contribution in [0.25, 0.3) is 0 Å². The predicted molar refractivity (Wildman–Crippen MR) is 71.2 cm³/mol. The molecular weight excluding hydrogens is 259 g/mol. The number of carbonyl (C=O) groups excluding carboxylic acids is 1. The number of halogens is 2. The molecule has 0 saturated carbocycles. The van der Waals surface area contributed by atoms with Crippen molar-refractivity contribution < 1.29 is 4.79 Å². The number of nitrogens with zero attached hydrogens (tertiary/aromatic N) is 1. The Hall–Kier alpha value is -0.770. The van der Waals surface area contributed by atoms with E-state index < -0.39 is 6.04 Å². The van der Waals surface area contributed by atoms with Crippen LogP contribution in [0.2, 0.25) is 10.0 Å². The van der Waals surface area contributed by atoms with Gasteiger partial charge in [-0.3, -0.25) is 4.79 Å². The van der Waals surface area contributed by atoms with Gasteiger partial charge in [-0.15, -0.1) is 0 Å². The molecular formula is C12H16Cl2N2O. The minimum absolute atomic E-state index is 0.0800. The first kappa shape index (κ1) is 14.3. The normalized spacial score (nSPS) is 12.3. The third kappa shape index (κ3) is 4.19. The number of hydrogen-bond donors (Lipinski definition) is 1. The van der Waals surface area contributed by atoms with E-state index in [9.17, 15) is 4.79 Å². The molecule has 94 valence electrons. The number of rotatable bonds is 4. The number of hydrogen-bond acceptors (Lipinski definition) is 2. The maximum atomic E-state index is 11.8. The molecule has 1 amide bonds. The highest BCUT2D eigenvalue weighted by Gasteiger charge is 2.16. The van der Waals surface area contributed by atoms with Crippen molar-refractivity contribution in [2.75, 3.05) is 7.05 Å². The zero-order chi connectivity index (χ0) is 13.0. The molecule has 0 radical (unpaired) electrons. The zero-order valence-electron chi connectivity index (χ0n) is 9.91. The van der Waals surface area contributed by atoms with Crippen molar-refractivity contribution in [2.45, 2.75) is 25.9 Å². The molecule has 1 atom stereocenters. The molecule has 2 N–H and O–H groups in total. The van der Waals surface area contributed by atoms with Gasteiger partial charge < -0.3 is 10.6 Å². The second kappa shape index (κ2) is 6.24. The van der Waals surface area contributed by atoms with Crippen LogP contribution in [-0.4, -0.2) is 23.9 Å². The zero-order valence-corrected chi connectivity index (χ0v) is 11.4. The maximum absolute atomic E-state index is 11.8. The number of likely N-dealkylation sites (N-methyl/N-ethyl adjacent to an activating group) is 1. The highest BCUT2D eigenvalue weighted by atomic mass is 35.5. The van der Waals surface area contributed by atoms with E-state index in [1.165, 1.54) is 0 Å². The highest BCUT2D eigenvalue weighted by molar-refractivity contribution is 6.34. The summed E-state index contributed by atoms with van der Waals surface area (Å²) in [5.41, 5.74) is 6.58. The van der Waals surface area contributed by atoms with Crippen molar-refractivity contribution >= 4 is 29.1 Å². The Balaban J connectivity index is 2.74. The van der Waals surface area contributed by atoms with E-state index in [-0.39, 0.29) is 5.91 Å². The second-order valence-corrected chi connectivity index (χ2v) is 4.86. The third-order valence-electron chi connectivity index (χ3n) is 2.48. The number of benzene rings is 1. The second-order valence-electron chi connectivity index (χ2n) is 3.99. The van der Waals surface area contributed by atoms with Crippen molar-refractivity contribution in [2.24, 2.45) is 5.73 Å². The van der Waals surface area contributed by atoms with Crippen LogP contribution in [-0.2, 0) is 11.3 Å². The number of amides is 1. The van der Waals surface area contributed by atoms with Crippen molar-refractivity contribution in [1.82, 2.24) is 4.90 Å². The lowest BCUT2D eigenvalue weighted by atomic mass is 10.2. The molecule has 0 aromatic heterocycles. The van der Waals surface area contributed by atoms with Gasteiger partial charge in [-0.1, -0.05) is 30.1 Å². The van der Waals surface area contributed by atoms with E-state index >= 15 is 0 Å². The standard InChI is InChI=1S/C12H16Cl2N2O/c1-3-11(15)12(17)16(2)7-8-4-9(13)6-10(14)5-8/h4-6,11H,3,7,15H2,1-2H3/t11-/m1/s1. The summed E-state index contributed by atoms with van der Waals surface area (Å²) < 4.78 is 0. The molecule has 17 heavy (non-hydrogen) atoms. The Bertz CT molecular complexity index is 389. The molecule has 0 aliphatic carbocycles. The van der Waals surface area contributed by atoms with Crippen molar-refractivity contribution in [3.8, 4) is 0 Å². The SMILES string of the molecule is CC[C@@H](N)C(=O)N(C)Cc1cc(Cl)cc(Cl)c1. The monoisotopic (exact) mass is 274 g/mol. The largest absolute Gasteiger partial charge is 0.340 e. The fourth-order valence-corrected chi connectivity index (χ4v) is 2.08. The number of nitrogens with two attached hydrogens (primary N) is 1. The molecule has 3 nitrogen and oxygen atoms in total. The van der Waals surface area contributed by atoms with E-state index in [0.29, 0.717) is 23.0 Å². The topological polar surface area (TPSA) is 46.3 Å². The summed E-state index contributed by atoms with van der Waals surface area (Å²) in [7, 11) is 1.71. The van der Waals surface area contributed by atoms with Crippen molar-refractivity contribution in [1.29, 1.82) is 0 Å². The molecule has 0 aliphatic rings. The van der Waals surface area contributed by atoms with Crippen LogP contribution in [0.1, 0.15) is 18.9 Å². The summed E-state index contributed by atoms with van der Waals surface area (Å²) in [5, 5.41) is 1.13. The maximum Gasteiger partial charge on any atom is 0.239 e. The molecule has 5 heteroatoms. The van der Waals surface area contributed by atoms with E-state index in [2.05, 4.69) is 0 Å². The van der Waals surface area contributed by atoms with Gasteiger partial charge in [0.1, 0.15) is 0 Å². The van der Waals surface area contributed by atoms with Gasteiger partial charge in [-0.25, -0.2) is 0 Å². The fraction of sp³-hybridized carbons (Fsp3) is 0.417. The first-order valence-corrected chi connectivity index (χ1v) is 6.15. The van der Waals surface area contributed by atoms with Crippen LogP contribution in [0.4, 0.5) is 0 Å². The molecule has 0 heterocycles. The summed E-state index contributed by atoms with van der Waals surface area (Å²) in [4.78, 5) is 13.4. The molecule has 0 aliphatic heterocycles. The fourth-order valence-electron chi connectivity index (χ4n) is 1.51. The molecule has 0 spiro atoms. The van der Waals surface area contributed by atoms with Crippen molar-refractivity contribution in [3.63, 3.8) is 0 Å². The lowest BCUT2D eigenvalue weighted by Gasteiger charge is -2.20. The van der Waals surface area contributed by atoms with Gasteiger partial charge in [0.05, 0.1) is 6.04 Å². The van der Waals surface area contributed by atoms with E-state index in [1.54, 1.807) is 30.1 Å². The Morgan fingerprint density at radius 2 is 1.88 bits per heavy atom. The van der Waals surface area contributed by atoms with Crippen LogP contribution in [0.5, 0.6) is 0 Å². The minimum atomic E-state index is -0.449. The summed E-state index contributed by atoms with van der Waals surface area (Å²) >= 11 is 11.8. The molecule has 1 aromatic rings. The van der Waals surface area contributed by atoms with Gasteiger partial charge in [0.2, 0.25) is 5.91 Å². The van der Waals surface area contributed by atoms with Crippen LogP contribution in [0, 0.1) is 0 Å². The molecule has 0 unspecified atom stereocenters. The Morgan fingerprint density at radius 3 is 2.35 bits per heavy atom. The van der Waals surface area contributed by atoms with Crippen LogP contribution in [0.15, 0.2) is 18.2 Å². The quantitative estimate of drug-likeness (QED) is 0.918. The van der Waals surface area contributed by atoms with E-state index in [0.717, 1.165) is 5.56 Å². The average Bonchev–Trinajstić information content (AvgIpc) is 2.25. The molecule has 0 saturated heterocycles. The molecule has 1 aromatic carbocycles. The lowest BCUT2D eigenvalue weighted by molar-refractivity contribution is -0.131. The minimum Gasteiger partial charge on any atom is -0.340 e. The summed E-state index contributed by atoms with van der Waals surface area (Å²) in [6, 6.07) is 4.78. The average molecular weight is 275 g/mol. The van der Waals surface area contributed by atoms with Crippen LogP contribution < -0.4 is 5.73 Å². The Kier molecular flexibility index (Phi) is 5.25. The first-order valence-electron chi connectivity index (χ1n) is 5.39. The van der Waals surface area contributed by atoms with Crippen molar-refractivity contribution in [3.05, 3.63) is 33.8 Å². The predicted octanol–water partition coefficient (Wildman–Crippen LogP) is 2.69. The van der Waals surface area contributed by atoms with E-state index in [1.807, 2.05) is 6.92 Å². The lowest BCUT2D eigenvalue weighted by Crippen LogP contribution is -2.40. The van der Waals surface area contributed by atoms with Gasteiger partial charge in [0.15, 0.2) is 0 Å². The van der Waals surface area contributed by atoms with Crippen LogP contribution in [0.3, 0.4) is 0 Å². The summed E-state index contributed by atoms with van der Waals surface area (Å²) in [6.45, 7) is 2.33. The highest BCUT2D eigenvalue weighted by Crippen LogP contribution is 2.20. The van der Waals surface area contributed by atoms with E-state index in [4.69, 9.17) is 28.9 Å². The number of carbonyl (C=O) groups is 1. The molecule has 0 fully saturated rings. The Labute approximate surface area is 111 Å². The third-order valence-corrected chi connectivity index (χ3v) is 2.91. The smallest absolute Gasteiger partial charge is 0.239 e. The van der Waals surface area contributed by atoms with Gasteiger partial charge in [0, 0.05) is 23.6 Å². The van der Waals surface area contributed by atoms with Gasteiger partial charge >= 0.3 is 0 Å².